The van der Waals surface area contributed by atoms with Crippen LogP contribution in [0.15, 0.2) is 66.4 Å². The molecular weight excluding hydrogens is 427 g/mol. The zero-order chi connectivity index (χ0) is 21.3. The van der Waals surface area contributed by atoms with Gasteiger partial charge in [0.15, 0.2) is 5.76 Å². The third kappa shape index (κ3) is 3.90. The number of carbonyl (C=O) groups is 2. The summed E-state index contributed by atoms with van der Waals surface area (Å²) >= 11 is 11.9. The van der Waals surface area contributed by atoms with E-state index in [2.05, 4.69) is 0 Å². The number of para-hydroxylation sites is 1. The van der Waals surface area contributed by atoms with Gasteiger partial charge in [-0.3, -0.25) is 4.79 Å². The molecule has 0 saturated carbocycles. The Morgan fingerprint density at radius 2 is 1.80 bits per heavy atom. The SMILES string of the molecule is COc1ccccc1C(=O)Oc1ccc2c(c1)O/C(=C\c1ccc(Cl)c(Cl)c1)C2=O. The molecule has 0 spiro atoms. The Kier molecular flexibility index (Phi) is 5.48. The summed E-state index contributed by atoms with van der Waals surface area (Å²) in [6.07, 6.45) is 1.57. The third-order valence-electron chi connectivity index (χ3n) is 4.42. The molecule has 7 heteroatoms. The van der Waals surface area contributed by atoms with Gasteiger partial charge in [0, 0.05) is 6.07 Å². The summed E-state index contributed by atoms with van der Waals surface area (Å²) in [6, 6.07) is 16.3. The molecule has 0 fully saturated rings. The monoisotopic (exact) mass is 440 g/mol. The van der Waals surface area contributed by atoms with Crippen LogP contribution in [0, 0.1) is 0 Å². The van der Waals surface area contributed by atoms with Crippen molar-refractivity contribution in [2.45, 2.75) is 0 Å². The van der Waals surface area contributed by atoms with E-state index in [1.165, 1.54) is 19.2 Å². The lowest BCUT2D eigenvalue weighted by Gasteiger charge is -2.08. The number of allylic oxidation sites excluding steroid dienone is 1. The average Bonchev–Trinajstić information content (AvgIpc) is 3.05. The summed E-state index contributed by atoms with van der Waals surface area (Å²) < 4.78 is 16.3. The van der Waals surface area contributed by atoms with Crippen LogP contribution in [0.2, 0.25) is 10.0 Å². The lowest BCUT2D eigenvalue weighted by molar-refractivity contribution is 0.0731. The minimum atomic E-state index is -0.580. The normalized spacial score (nSPS) is 13.7. The van der Waals surface area contributed by atoms with Crippen molar-refractivity contribution in [1.29, 1.82) is 0 Å². The summed E-state index contributed by atoms with van der Waals surface area (Å²) in [7, 11) is 1.47. The van der Waals surface area contributed by atoms with Gasteiger partial charge in [-0.25, -0.2) is 4.79 Å². The van der Waals surface area contributed by atoms with Crippen LogP contribution in [0.4, 0.5) is 0 Å². The summed E-state index contributed by atoms with van der Waals surface area (Å²) in [6.45, 7) is 0. The molecule has 1 aliphatic rings. The molecule has 0 saturated heterocycles. The number of ether oxygens (including phenoxy) is 3. The van der Waals surface area contributed by atoms with Crippen molar-refractivity contribution in [2.24, 2.45) is 0 Å². The fourth-order valence-electron chi connectivity index (χ4n) is 2.96. The first kappa shape index (κ1) is 20.0. The van der Waals surface area contributed by atoms with Crippen LogP contribution < -0.4 is 14.2 Å². The van der Waals surface area contributed by atoms with Gasteiger partial charge in [-0.1, -0.05) is 41.4 Å². The fourth-order valence-corrected chi connectivity index (χ4v) is 3.27. The van der Waals surface area contributed by atoms with Crippen LogP contribution in [0.3, 0.4) is 0 Å². The molecule has 150 valence electrons. The second kappa shape index (κ2) is 8.22. The van der Waals surface area contributed by atoms with Crippen LogP contribution in [0.1, 0.15) is 26.3 Å². The lowest BCUT2D eigenvalue weighted by Crippen LogP contribution is -2.10. The minimum absolute atomic E-state index is 0.136. The van der Waals surface area contributed by atoms with E-state index in [1.807, 2.05) is 0 Å². The molecule has 3 aromatic rings. The van der Waals surface area contributed by atoms with Crippen molar-refractivity contribution < 1.29 is 23.8 Å². The molecule has 4 rings (SSSR count). The van der Waals surface area contributed by atoms with Crippen molar-refractivity contribution in [3.63, 3.8) is 0 Å². The third-order valence-corrected chi connectivity index (χ3v) is 5.16. The van der Waals surface area contributed by atoms with Gasteiger partial charge in [-0.2, -0.15) is 0 Å². The van der Waals surface area contributed by atoms with E-state index in [0.29, 0.717) is 32.7 Å². The largest absolute Gasteiger partial charge is 0.496 e. The van der Waals surface area contributed by atoms with Crippen LogP contribution in [-0.2, 0) is 0 Å². The molecule has 0 radical (unpaired) electrons. The molecule has 0 aromatic heterocycles. The smallest absolute Gasteiger partial charge is 0.347 e. The zero-order valence-electron chi connectivity index (χ0n) is 15.6. The van der Waals surface area contributed by atoms with Crippen molar-refractivity contribution in [1.82, 2.24) is 0 Å². The summed E-state index contributed by atoms with van der Waals surface area (Å²) in [5.41, 5.74) is 1.33. The van der Waals surface area contributed by atoms with E-state index in [9.17, 15) is 9.59 Å². The van der Waals surface area contributed by atoms with Crippen molar-refractivity contribution in [2.75, 3.05) is 7.11 Å². The number of benzene rings is 3. The highest BCUT2D eigenvalue weighted by atomic mass is 35.5. The average molecular weight is 441 g/mol. The Hall–Kier alpha value is -3.28. The molecule has 30 heavy (non-hydrogen) atoms. The quantitative estimate of drug-likeness (QED) is 0.289. The molecule has 1 heterocycles. The lowest BCUT2D eigenvalue weighted by atomic mass is 10.1. The Morgan fingerprint density at radius 3 is 2.57 bits per heavy atom. The molecule has 0 aliphatic carbocycles. The van der Waals surface area contributed by atoms with Gasteiger partial charge in [0.25, 0.3) is 0 Å². The van der Waals surface area contributed by atoms with Crippen molar-refractivity contribution >= 4 is 41.0 Å². The van der Waals surface area contributed by atoms with Crippen LogP contribution in [0.5, 0.6) is 17.2 Å². The highest BCUT2D eigenvalue weighted by molar-refractivity contribution is 6.42. The molecular formula is C23H14Cl2O5. The van der Waals surface area contributed by atoms with E-state index in [-0.39, 0.29) is 22.9 Å². The molecule has 0 unspecified atom stereocenters. The maximum Gasteiger partial charge on any atom is 0.347 e. The predicted molar refractivity (Wildman–Crippen MR) is 114 cm³/mol. The van der Waals surface area contributed by atoms with Crippen LogP contribution in [-0.4, -0.2) is 18.9 Å². The molecule has 0 bridgehead atoms. The summed E-state index contributed by atoms with van der Waals surface area (Å²) in [5, 5.41) is 0.793. The number of carbonyl (C=O) groups excluding carboxylic acids is 2. The molecule has 0 N–H and O–H groups in total. The second-order valence-corrected chi connectivity index (χ2v) is 7.18. The van der Waals surface area contributed by atoms with E-state index >= 15 is 0 Å². The summed E-state index contributed by atoms with van der Waals surface area (Å²) in [4.78, 5) is 25.1. The first-order chi connectivity index (χ1) is 14.5. The maximum atomic E-state index is 12.6. The fraction of sp³-hybridized carbons (Fsp3) is 0.0435. The Labute approximate surface area is 182 Å². The minimum Gasteiger partial charge on any atom is -0.496 e. The van der Waals surface area contributed by atoms with Gasteiger partial charge < -0.3 is 14.2 Å². The number of ketones is 1. The first-order valence-electron chi connectivity index (χ1n) is 8.85. The molecule has 3 aromatic carbocycles. The molecule has 1 aliphatic heterocycles. The van der Waals surface area contributed by atoms with E-state index in [1.54, 1.807) is 54.6 Å². The first-order valence-corrected chi connectivity index (χ1v) is 9.60. The van der Waals surface area contributed by atoms with Crippen molar-refractivity contribution in [3.8, 4) is 17.2 Å². The number of halogens is 2. The standard InChI is InChI=1S/C23H14Cl2O5/c1-28-19-5-3-2-4-16(19)23(27)29-14-7-8-15-20(12-14)30-21(22(15)26)11-13-6-9-17(24)18(25)10-13/h2-12H,1H3/b21-11-. The van der Waals surface area contributed by atoms with E-state index in [4.69, 9.17) is 37.4 Å². The number of Topliss-reactive ketones (excluding diaryl/α,β-unsaturated/α-hetero) is 1. The molecule has 0 amide bonds. The van der Waals surface area contributed by atoms with E-state index in [0.717, 1.165) is 0 Å². The molecule has 5 nitrogen and oxygen atoms in total. The Morgan fingerprint density at radius 1 is 1.00 bits per heavy atom. The predicted octanol–water partition coefficient (Wildman–Crippen LogP) is 5.84. The number of hydrogen-bond donors (Lipinski definition) is 0. The highest BCUT2D eigenvalue weighted by Crippen LogP contribution is 2.35. The van der Waals surface area contributed by atoms with Gasteiger partial charge >= 0.3 is 5.97 Å². The Bertz CT molecular complexity index is 1200. The van der Waals surface area contributed by atoms with Gasteiger partial charge in [0.1, 0.15) is 22.8 Å². The zero-order valence-corrected chi connectivity index (χ0v) is 17.2. The topological polar surface area (TPSA) is 61.8 Å². The number of methoxy groups -OCH3 is 1. The van der Waals surface area contributed by atoms with Crippen LogP contribution >= 0.6 is 23.2 Å². The highest BCUT2D eigenvalue weighted by Gasteiger charge is 2.28. The van der Waals surface area contributed by atoms with Gasteiger partial charge in [0.05, 0.1) is 22.7 Å². The maximum absolute atomic E-state index is 12.6. The summed E-state index contributed by atoms with van der Waals surface area (Å²) in [5.74, 6) is 0.227. The number of esters is 1. The molecule has 0 atom stereocenters. The number of fused-ring (bicyclic) bond motifs is 1. The number of hydrogen-bond acceptors (Lipinski definition) is 5. The van der Waals surface area contributed by atoms with Crippen molar-refractivity contribution in [3.05, 3.63) is 93.2 Å². The Balaban J connectivity index is 1.57. The van der Waals surface area contributed by atoms with Gasteiger partial charge in [0.2, 0.25) is 5.78 Å². The second-order valence-electron chi connectivity index (χ2n) is 6.36. The van der Waals surface area contributed by atoms with E-state index < -0.39 is 5.97 Å². The van der Waals surface area contributed by atoms with Crippen LogP contribution in [0.25, 0.3) is 6.08 Å². The van der Waals surface area contributed by atoms with Gasteiger partial charge in [-0.15, -0.1) is 0 Å². The van der Waals surface area contributed by atoms with Gasteiger partial charge in [-0.05, 0) is 48.0 Å². The number of rotatable bonds is 4.